The maximum absolute atomic E-state index is 13.7. The van der Waals surface area contributed by atoms with Crippen molar-refractivity contribution in [1.82, 2.24) is 25.1 Å². The molecule has 0 atom stereocenters. The Morgan fingerprint density at radius 1 is 1.00 bits per heavy atom. The minimum absolute atomic E-state index is 0.0319. The van der Waals surface area contributed by atoms with Crippen LogP contribution < -0.4 is 14.9 Å². The zero-order valence-corrected chi connectivity index (χ0v) is 28.7. The Bertz CT molecular complexity index is 1690. The molecule has 3 N–H and O–H groups in total. The van der Waals surface area contributed by atoms with Crippen molar-refractivity contribution in [3.63, 3.8) is 0 Å². The largest absolute Gasteiger partial charge is 0.393 e. The van der Waals surface area contributed by atoms with Gasteiger partial charge in [-0.15, -0.1) is 0 Å². The van der Waals surface area contributed by atoms with E-state index in [4.69, 9.17) is 10.1 Å². The zero-order valence-electron chi connectivity index (χ0n) is 27.9. The molecule has 0 radical (unpaired) electrons. The van der Waals surface area contributed by atoms with Gasteiger partial charge in [-0.05, 0) is 80.7 Å². The summed E-state index contributed by atoms with van der Waals surface area (Å²) in [6, 6.07) is 7.24. The maximum Gasteiger partial charge on any atom is 0.260 e. The fourth-order valence-electron chi connectivity index (χ4n) is 6.20. The monoisotopic (exact) mass is 663 g/mol. The van der Waals surface area contributed by atoms with E-state index in [-0.39, 0.29) is 24.5 Å². The van der Waals surface area contributed by atoms with Crippen LogP contribution in [0.3, 0.4) is 0 Å². The molecule has 254 valence electrons. The predicted octanol–water partition coefficient (Wildman–Crippen LogP) is 5.89. The maximum atomic E-state index is 13.7. The number of amides is 1. The van der Waals surface area contributed by atoms with Crippen molar-refractivity contribution in [1.29, 1.82) is 0 Å². The van der Waals surface area contributed by atoms with E-state index in [2.05, 4.69) is 29.5 Å². The number of carbonyl (C=O) groups excluding carboxylic acids is 1. The van der Waals surface area contributed by atoms with Crippen LogP contribution in [0.4, 0.5) is 11.6 Å². The lowest BCUT2D eigenvalue weighted by molar-refractivity contribution is -0.120. The minimum atomic E-state index is -3.76. The van der Waals surface area contributed by atoms with Crippen LogP contribution in [0.25, 0.3) is 16.6 Å². The topological polar surface area (TPSA) is 142 Å². The van der Waals surface area contributed by atoms with Gasteiger partial charge in [-0.3, -0.25) is 9.10 Å². The number of hydrogen-bond donors (Lipinski definition) is 3. The van der Waals surface area contributed by atoms with Crippen LogP contribution in [0.1, 0.15) is 102 Å². The molecule has 2 aliphatic rings. The molecule has 0 bridgehead atoms. The standard InChI is InChI=1S/C35H49N7O4S/c1-4-6-8-22-36-32(44)23-25-9-13-27(14-10-25)41(3)47(45,46)30-19-11-26(12-20-30)33-31-24-38-35(37-21-7-5-2)39-34(31)42(40-33)28-15-17-29(43)18-16-28/h9-11,13-14,19,24,28-29,43H,4-8,12,15-18,20-23H2,1-3H3,(H,36,44)(H,37,38,39). The van der Waals surface area contributed by atoms with Crippen molar-refractivity contribution >= 4 is 44.2 Å². The van der Waals surface area contributed by atoms with Gasteiger partial charge in [-0.2, -0.15) is 10.1 Å². The highest BCUT2D eigenvalue weighted by atomic mass is 32.2. The molecule has 5 rings (SSSR count). The van der Waals surface area contributed by atoms with Gasteiger partial charge in [0.15, 0.2) is 5.65 Å². The fourth-order valence-corrected chi connectivity index (χ4v) is 7.55. The number of fused-ring (bicyclic) bond motifs is 1. The van der Waals surface area contributed by atoms with E-state index in [1.54, 1.807) is 25.3 Å². The molecular formula is C35H49N7O4S. The van der Waals surface area contributed by atoms with Crippen molar-refractivity contribution in [2.75, 3.05) is 29.8 Å². The average Bonchev–Trinajstić information content (AvgIpc) is 3.46. The van der Waals surface area contributed by atoms with Crippen LogP contribution in [-0.4, -0.2) is 65.4 Å². The summed E-state index contributed by atoms with van der Waals surface area (Å²) in [5.74, 6) is 0.540. The molecule has 1 saturated carbocycles. The zero-order chi connectivity index (χ0) is 33.4. The molecule has 1 fully saturated rings. The molecule has 2 heterocycles. The molecule has 3 aromatic rings. The van der Waals surface area contributed by atoms with Crippen molar-refractivity contribution in [3.05, 3.63) is 58.8 Å². The van der Waals surface area contributed by atoms with Gasteiger partial charge < -0.3 is 15.7 Å². The fraction of sp³-hybridized carbons (Fsp3) is 0.543. The molecule has 2 aromatic heterocycles. The number of nitrogens with one attached hydrogen (secondary N) is 2. The molecule has 12 heteroatoms. The third kappa shape index (κ3) is 8.39. The van der Waals surface area contributed by atoms with E-state index >= 15 is 0 Å². The van der Waals surface area contributed by atoms with Gasteiger partial charge in [0, 0.05) is 26.3 Å². The first-order valence-electron chi connectivity index (χ1n) is 17.1. The molecule has 1 aromatic carbocycles. The Labute approximate surface area is 278 Å². The smallest absolute Gasteiger partial charge is 0.260 e. The number of aliphatic hydroxyl groups is 1. The highest BCUT2D eigenvalue weighted by Crippen LogP contribution is 2.37. The number of hydrogen-bond acceptors (Lipinski definition) is 8. The number of rotatable bonds is 15. The molecule has 0 unspecified atom stereocenters. The number of benzene rings is 1. The van der Waals surface area contributed by atoms with Gasteiger partial charge in [0.2, 0.25) is 11.9 Å². The van der Waals surface area contributed by atoms with Gasteiger partial charge in [0.05, 0.1) is 40.2 Å². The second-order valence-corrected chi connectivity index (χ2v) is 14.7. The highest BCUT2D eigenvalue weighted by Gasteiger charge is 2.29. The van der Waals surface area contributed by atoms with Crippen molar-refractivity contribution in [2.45, 2.75) is 103 Å². The van der Waals surface area contributed by atoms with Crippen LogP contribution in [0, 0.1) is 0 Å². The normalized spacial score (nSPS) is 18.5. The number of anilines is 2. The number of nitrogens with zero attached hydrogens (tertiary/aromatic N) is 5. The molecule has 47 heavy (non-hydrogen) atoms. The Morgan fingerprint density at radius 3 is 2.43 bits per heavy atom. The van der Waals surface area contributed by atoms with Crippen molar-refractivity contribution in [3.8, 4) is 0 Å². The first kappa shape index (κ1) is 34.6. The Kier molecular flexibility index (Phi) is 11.7. The van der Waals surface area contributed by atoms with Crippen LogP contribution >= 0.6 is 0 Å². The molecule has 0 saturated heterocycles. The summed E-state index contributed by atoms with van der Waals surface area (Å²) < 4.78 is 30.6. The first-order valence-corrected chi connectivity index (χ1v) is 18.6. The number of allylic oxidation sites excluding steroid dienone is 4. The van der Waals surface area contributed by atoms with Gasteiger partial charge >= 0.3 is 0 Å². The van der Waals surface area contributed by atoms with Crippen LogP contribution in [0.2, 0.25) is 0 Å². The van der Waals surface area contributed by atoms with E-state index in [0.29, 0.717) is 35.9 Å². The van der Waals surface area contributed by atoms with Gasteiger partial charge in [0.25, 0.3) is 10.0 Å². The van der Waals surface area contributed by atoms with E-state index in [9.17, 15) is 18.3 Å². The van der Waals surface area contributed by atoms with Gasteiger partial charge in [-0.25, -0.2) is 18.1 Å². The SMILES string of the molecule is CCCCCNC(=O)Cc1ccc(N(C)S(=O)(=O)C2=CC=C(c3nn(C4CCC(O)CC4)c4nc(NCCCC)ncc34)CC2)cc1. The lowest BCUT2D eigenvalue weighted by atomic mass is 9.93. The van der Waals surface area contributed by atoms with Crippen LogP contribution in [-0.2, 0) is 21.2 Å². The molecule has 11 nitrogen and oxygen atoms in total. The van der Waals surface area contributed by atoms with Crippen molar-refractivity contribution in [2.24, 2.45) is 0 Å². The molecule has 0 spiro atoms. The van der Waals surface area contributed by atoms with E-state index in [0.717, 1.165) is 92.2 Å². The Morgan fingerprint density at radius 2 is 1.74 bits per heavy atom. The summed E-state index contributed by atoms with van der Waals surface area (Å²) in [7, 11) is -2.20. The summed E-state index contributed by atoms with van der Waals surface area (Å²) in [6.45, 7) is 5.73. The number of unbranched alkanes of at least 4 members (excludes halogenated alkanes) is 3. The molecule has 2 aliphatic carbocycles. The van der Waals surface area contributed by atoms with Crippen molar-refractivity contribution < 1.29 is 18.3 Å². The lowest BCUT2D eigenvalue weighted by Gasteiger charge is -2.26. The Balaban J connectivity index is 1.33. The van der Waals surface area contributed by atoms with Crippen LogP contribution in [0.15, 0.2) is 47.5 Å². The summed E-state index contributed by atoms with van der Waals surface area (Å²) in [5.41, 5.74) is 3.85. The predicted molar refractivity (Wildman–Crippen MR) is 188 cm³/mol. The Hall–Kier alpha value is -3.77. The minimum Gasteiger partial charge on any atom is -0.393 e. The summed E-state index contributed by atoms with van der Waals surface area (Å²) in [4.78, 5) is 22.0. The number of sulfonamides is 1. The lowest BCUT2D eigenvalue weighted by Crippen LogP contribution is -2.28. The number of aliphatic hydroxyl groups excluding tert-OH is 1. The summed E-state index contributed by atoms with van der Waals surface area (Å²) in [6.07, 6.45) is 14.5. The first-order chi connectivity index (χ1) is 22.7. The summed E-state index contributed by atoms with van der Waals surface area (Å²) in [5, 5.41) is 22.2. The molecule has 0 aliphatic heterocycles. The number of aromatic nitrogens is 4. The third-order valence-corrected chi connectivity index (χ3v) is 11.1. The van der Waals surface area contributed by atoms with E-state index in [1.165, 1.54) is 4.31 Å². The van der Waals surface area contributed by atoms with Gasteiger partial charge in [0.1, 0.15) is 0 Å². The van der Waals surface area contributed by atoms with E-state index < -0.39 is 10.0 Å². The highest BCUT2D eigenvalue weighted by molar-refractivity contribution is 7.96. The number of carbonyl (C=O) groups is 1. The quantitative estimate of drug-likeness (QED) is 0.171. The third-order valence-electron chi connectivity index (χ3n) is 9.15. The molecule has 1 amide bonds. The van der Waals surface area contributed by atoms with Crippen LogP contribution in [0.5, 0.6) is 0 Å². The summed E-state index contributed by atoms with van der Waals surface area (Å²) >= 11 is 0. The second-order valence-electron chi connectivity index (χ2n) is 12.7. The van der Waals surface area contributed by atoms with E-state index in [1.807, 2.05) is 29.1 Å². The average molecular weight is 664 g/mol. The second kappa shape index (κ2) is 15.9. The molecular weight excluding hydrogens is 614 g/mol. The van der Waals surface area contributed by atoms with Gasteiger partial charge in [-0.1, -0.05) is 51.3 Å².